The molecule has 0 spiro atoms. The Kier molecular flexibility index (Phi) is 5.93. The quantitative estimate of drug-likeness (QED) is 0.545. The molecule has 0 fully saturated rings. The molecule has 0 saturated heterocycles. The summed E-state index contributed by atoms with van der Waals surface area (Å²) in [6, 6.07) is 6.04. The van der Waals surface area contributed by atoms with E-state index in [2.05, 4.69) is 4.18 Å². The van der Waals surface area contributed by atoms with Crippen molar-refractivity contribution in [2.45, 2.75) is 51.8 Å². The van der Waals surface area contributed by atoms with Gasteiger partial charge >= 0.3 is 21.6 Å². The third-order valence-electron chi connectivity index (χ3n) is 4.22. The minimum atomic E-state index is -6.05. The van der Waals surface area contributed by atoms with E-state index in [0.29, 0.717) is 10.9 Å². The van der Waals surface area contributed by atoms with E-state index in [1.807, 2.05) is 0 Å². The predicted molar refractivity (Wildman–Crippen MR) is 100 cm³/mol. The van der Waals surface area contributed by atoms with Crippen LogP contribution in [0.5, 0.6) is 5.75 Å². The maximum absolute atomic E-state index is 13.0. The molecule has 1 atom stereocenters. The van der Waals surface area contributed by atoms with Crippen LogP contribution in [0.1, 0.15) is 43.6 Å². The summed E-state index contributed by atoms with van der Waals surface area (Å²) in [5, 5.41) is 10.2. The highest BCUT2D eigenvalue weighted by Crippen LogP contribution is 2.43. The van der Waals surface area contributed by atoms with Crippen LogP contribution in [-0.2, 0) is 19.6 Å². The van der Waals surface area contributed by atoms with Gasteiger partial charge in [0.15, 0.2) is 11.9 Å². The Hall–Kier alpha value is -2.33. The van der Waals surface area contributed by atoms with Crippen molar-refractivity contribution in [1.82, 2.24) is 0 Å². The van der Waals surface area contributed by atoms with Crippen LogP contribution in [0, 0.1) is 13.8 Å². The molecule has 29 heavy (non-hydrogen) atoms. The first kappa shape index (κ1) is 23.0. The topological polar surface area (TPSA) is 89.9 Å². The lowest BCUT2D eigenvalue weighted by Crippen LogP contribution is -2.31. The van der Waals surface area contributed by atoms with Gasteiger partial charge in [-0.1, -0.05) is 24.3 Å². The van der Waals surface area contributed by atoms with Gasteiger partial charge in [-0.3, -0.25) is 0 Å². The lowest BCUT2D eigenvalue weighted by molar-refractivity contribution is -0.160. The van der Waals surface area contributed by atoms with Crippen molar-refractivity contribution in [3.8, 4) is 5.75 Å². The lowest BCUT2D eigenvalue weighted by Gasteiger charge is -2.28. The molecule has 2 aromatic rings. The van der Waals surface area contributed by atoms with E-state index in [-0.39, 0.29) is 16.5 Å². The van der Waals surface area contributed by atoms with E-state index in [4.69, 9.17) is 4.74 Å². The number of carboxylic acid groups (broad SMARTS) is 1. The van der Waals surface area contributed by atoms with E-state index in [1.165, 1.54) is 19.1 Å². The second-order valence-corrected chi connectivity index (χ2v) is 9.01. The van der Waals surface area contributed by atoms with Crippen LogP contribution in [-0.4, -0.2) is 30.6 Å². The smallest absolute Gasteiger partial charge is 0.479 e. The molecule has 160 valence electrons. The van der Waals surface area contributed by atoms with Gasteiger partial charge in [0, 0.05) is 10.9 Å². The highest BCUT2D eigenvalue weighted by Gasteiger charge is 2.49. The zero-order valence-corrected chi connectivity index (χ0v) is 17.2. The molecule has 2 rings (SSSR count). The summed E-state index contributed by atoms with van der Waals surface area (Å²) in [5.41, 5.74) is -6.14. The number of hydrogen-bond acceptors (Lipinski definition) is 5. The van der Waals surface area contributed by atoms with Gasteiger partial charge < -0.3 is 14.0 Å². The molecule has 2 aromatic carbocycles. The number of ether oxygens (including phenoxy) is 1. The van der Waals surface area contributed by atoms with E-state index < -0.39 is 39.1 Å². The van der Waals surface area contributed by atoms with Crippen LogP contribution in [0.2, 0.25) is 0 Å². The van der Waals surface area contributed by atoms with E-state index in [0.717, 1.165) is 0 Å². The molecular weight excluding hydrogens is 413 g/mol. The zero-order valence-electron chi connectivity index (χ0n) is 16.4. The fourth-order valence-corrected chi connectivity index (χ4v) is 3.37. The van der Waals surface area contributed by atoms with Crippen LogP contribution in [0.4, 0.5) is 13.2 Å². The number of aryl methyl sites for hydroxylation is 1. The SMILES string of the molecule is Cc1c(C(OC(C)(C)C)C(=O)O)c(OS(=O)(=O)C(F)(F)F)c2ccccc2c1C. The van der Waals surface area contributed by atoms with Crippen molar-refractivity contribution < 1.29 is 40.4 Å². The Labute approximate surface area is 166 Å². The first-order valence-corrected chi connectivity index (χ1v) is 9.91. The predicted octanol–water partition coefficient (Wildman–Crippen LogP) is 4.63. The van der Waals surface area contributed by atoms with E-state index in [9.17, 15) is 31.5 Å². The minimum absolute atomic E-state index is 0.0298. The molecule has 6 nitrogen and oxygen atoms in total. The summed E-state index contributed by atoms with van der Waals surface area (Å²) in [6.07, 6.45) is -1.75. The van der Waals surface area contributed by atoms with Crippen molar-refractivity contribution in [3.05, 3.63) is 41.0 Å². The number of carboxylic acids is 1. The van der Waals surface area contributed by atoms with Gasteiger partial charge in [-0.25, -0.2) is 4.79 Å². The van der Waals surface area contributed by atoms with Crippen molar-refractivity contribution in [3.63, 3.8) is 0 Å². The average molecular weight is 434 g/mol. The average Bonchev–Trinajstić information content (AvgIpc) is 2.56. The first-order chi connectivity index (χ1) is 13.1. The van der Waals surface area contributed by atoms with Gasteiger partial charge in [0.2, 0.25) is 0 Å². The normalized spacial score (nSPS) is 14.1. The van der Waals surface area contributed by atoms with Crippen molar-refractivity contribution in [2.24, 2.45) is 0 Å². The molecule has 0 heterocycles. The Balaban J connectivity index is 2.93. The second kappa shape index (κ2) is 7.49. The maximum atomic E-state index is 13.0. The summed E-state index contributed by atoms with van der Waals surface area (Å²) in [7, 11) is -6.05. The summed E-state index contributed by atoms with van der Waals surface area (Å²) < 4.78 is 72.6. The fraction of sp³-hybridized carbons (Fsp3) is 0.421. The van der Waals surface area contributed by atoms with Crippen molar-refractivity contribution >= 4 is 26.9 Å². The minimum Gasteiger partial charge on any atom is -0.479 e. The number of halogens is 3. The summed E-state index contributed by atoms with van der Waals surface area (Å²) in [6.45, 7) is 7.84. The maximum Gasteiger partial charge on any atom is 0.534 e. The van der Waals surface area contributed by atoms with Crippen LogP contribution in [0.15, 0.2) is 24.3 Å². The monoisotopic (exact) mass is 434 g/mol. The van der Waals surface area contributed by atoms with Crippen LogP contribution in [0.3, 0.4) is 0 Å². The molecule has 0 aromatic heterocycles. The van der Waals surface area contributed by atoms with Gasteiger partial charge in [-0.2, -0.15) is 21.6 Å². The fourth-order valence-electron chi connectivity index (χ4n) is 2.88. The number of benzene rings is 2. The van der Waals surface area contributed by atoms with Crippen LogP contribution in [0.25, 0.3) is 10.8 Å². The summed E-state index contributed by atoms with van der Waals surface area (Å²) >= 11 is 0. The second-order valence-electron chi connectivity index (χ2n) is 7.47. The molecule has 0 radical (unpaired) electrons. The van der Waals surface area contributed by atoms with Crippen molar-refractivity contribution in [2.75, 3.05) is 0 Å². The van der Waals surface area contributed by atoms with Gasteiger partial charge in [0.1, 0.15) is 0 Å². The van der Waals surface area contributed by atoms with E-state index >= 15 is 0 Å². The third kappa shape index (κ3) is 4.64. The van der Waals surface area contributed by atoms with Crippen molar-refractivity contribution in [1.29, 1.82) is 0 Å². The number of rotatable bonds is 5. The Morgan fingerprint density at radius 2 is 1.55 bits per heavy atom. The number of aliphatic carboxylic acids is 1. The van der Waals surface area contributed by atoms with Crippen LogP contribution < -0.4 is 4.18 Å². The standard InChI is InChI=1S/C19H21F3O6S/c1-10-11(2)14(16(17(23)24)27-18(3,4)5)15(13-9-7-6-8-12(10)13)28-29(25,26)19(20,21)22/h6-9,16H,1-5H3,(H,23,24). The van der Waals surface area contributed by atoms with Gasteiger partial charge in [-0.15, -0.1) is 0 Å². The number of fused-ring (bicyclic) bond motifs is 1. The molecule has 1 unspecified atom stereocenters. The molecular formula is C19H21F3O6S. The van der Waals surface area contributed by atoms with E-state index in [1.54, 1.807) is 39.8 Å². The molecule has 0 aliphatic carbocycles. The molecule has 1 N–H and O–H groups in total. The Bertz CT molecular complexity index is 1050. The Morgan fingerprint density at radius 1 is 1.03 bits per heavy atom. The molecule has 0 saturated carbocycles. The third-order valence-corrected chi connectivity index (χ3v) is 5.17. The van der Waals surface area contributed by atoms with Crippen LogP contribution >= 0.6 is 0 Å². The number of hydrogen-bond donors (Lipinski definition) is 1. The largest absolute Gasteiger partial charge is 0.534 e. The number of carbonyl (C=O) groups is 1. The zero-order chi connectivity index (χ0) is 22.4. The Morgan fingerprint density at radius 3 is 2.00 bits per heavy atom. The van der Waals surface area contributed by atoms with Gasteiger partial charge in [0.25, 0.3) is 0 Å². The molecule has 0 amide bonds. The summed E-state index contributed by atoms with van der Waals surface area (Å²) in [4.78, 5) is 11.9. The molecule has 10 heteroatoms. The van der Waals surface area contributed by atoms with Gasteiger partial charge in [0.05, 0.1) is 5.60 Å². The highest BCUT2D eigenvalue weighted by atomic mass is 32.2. The first-order valence-electron chi connectivity index (χ1n) is 8.50. The molecule has 0 bridgehead atoms. The van der Waals surface area contributed by atoms with Gasteiger partial charge in [-0.05, 0) is 51.1 Å². The highest BCUT2D eigenvalue weighted by molar-refractivity contribution is 7.88. The molecule has 0 aliphatic rings. The number of alkyl halides is 3. The lowest BCUT2D eigenvalue weighted by atomic mass is 9.91. The summed E-state index contributed by atoms with van der Waals surface area (Å²) in [5.74, 6) is -2.20. The molecule has 0 aliphatic heterocycles.